The highest BCUT2D eigenvalue weighted by atomic mass is 35.5. The standard InChI is InChI=1S/C17H25ClN2O2/c1-4-12-9-14(16(22-3)15(18)10-12)17(21)19-11-13-7-6-8-20(13)5-2/h9-10,13H,4-8,11H2,1-3H3,(H,19,21). The van der Waals surface area contributed by atoms with Crippen LogP contribution in [0, 0.1) is 0 Å². The molecule has 122 valence electrons. The van der Waals surface area contributed by atoms with Gasteiger partial charge in [0.25, 0.3) is 5.91 Å². The molecule has 1 heterocycles. The van der Waals surface area contributed by atoms with Crippen molar-refractivity contribution in [3.63, 3.8) is 0 Å². The first kappa shape index (κ1) is 17.1. The second-order valence-corrected chi connectivity index (χ2v) is 6.05. The number of rotatable bonds is 6. The minimum Gasteiger partial charge on any atom is -0.494 e. The summed E-state index contributed by atoms with van der Waals surface area (Å²) in [6.45, 7) is 7.02. The van der Waals surface area contributed by atoms with Crippen LogP contribution in [0.1, 0.15) is 42.6 Å². The van der Waals surface area contributed by atoms with Crippen molar-refractivity contribution in [3.8, 4) is 5.75 Å². The lowest BCUT2D eigenvalue weighted by Gasteiger charge is -2.23. The predicted octanol–water partition coefficient (Wildman–Crippen LogP) is 3.13. The van der Waals surface area contributed by atoms with E-state index in [1.54, 1.807) is 7.11 Å². The number of halogens is 1. The SMILES string of the molecule is CCc1cc(Cl)c(OC)c(C(=O)NCC2CCCN2CC)c1. The smallest absolute Gasteiger partial charge is 0.255 e. The van der Waals surface area contributed by atoms with E-state index in [-0.39, 0.29) is 5.91 Å². The van der Waals surface area contributed by atoms with Crippen LogP contribution in [0.5, 0.6) is 5.75 Å². The van der Waals surface area contributed by atoms with Crippen LogP contribution in [0.3, 0.4) is 0 Å². The van der Waals surface area contributed by atoms with Crippen LogP contribution < -0.4 is 10.1 Å². The van der Waals surface area contributed by atoms with Crippen LogP contribution in [0.4, 0.5) is 0 Å². The van der Waals surface area contributed by atoms with Crippen molar-refractivity contribution in [2.24, 2.45) is 0 Å². The number of hydrogen-bond acceptors (Lipinski definition) is 3. The van der Waals surface area contributed by atoms with Crippen LogP contribution >= 0.6 is 11.6 Å². The summed E-state index contributed by atoms with van der Waals surface area (Å²) in [5.41, 5.74) is 1.56. The number of nitrogens with zero attached hydrogens (tertiary/aromatic N) is 1. The Morgan fingerprint density at radius 3 is 2.86 bits per heavy atom. The maximum absolute atomic E-state index is 12.5. The molecule has 0 aliphatic carbocycles. The van der Waals surface area contributed by atoms with Gasteiger partial charge in [-0.05, 0) is 50.0 Å². The highest BCUT2D eigenvalue weighted by molar-refractivity contribution is 6.32. The molecule has 5 heteroatoms. The molecule has 1 unspecified atom stereocenters. The van der Waals surface area contributed by atoms with Crippen molar-refractivity contribution in [2.45, 2.75) is 39.2 Å². The predicted molar refractivity (Wildman–Crippen MR) is 90.0 cm³/mol. The highest BCUT2D eigenvalue weighted by Crippen LogP contribution is 2.30. The molecular weight excluding hydrogens is 300 g/mol. The Hall–Kier alpha value is -1.26. The molecule has 0 spiro atoms. The number of carbonyl (C=O) groups is 1. The highest BCUT2D eigenvalue weighted by Gasteiger charge is 2.24. The number of methoxy groups -OCH3 is 1. The van der Waals surface area contributed by atoms with Crippen molar-refractivity contribution in [1.29, 1.82) is 0 Å². The molecule has 22 heavy (non-hydrogen) atoms. The maximum atomic E-state index is 12.5. The average molecular weight is 325 g/mol. The summed E-state index contributed by atoms with van der Waals surface area (Å²) >= 11 is 6.22. The molecule has 1 aromatic rings. The quantitative estimate of drug-likeness (QED) is 0.874. The fraction of sp³-hybridized carbons (Fsp3) is 0.588. The first-order valence-corrected chi connectivity index (χ1v) is 8.37. The van der Waals surface area contributed by atoms with Crippen LogP contribution in [0.25, 0.3) is 0 Å². The Balaban J connectivity index is 2.10. The molecule has 1 saturated heterocycles. The lowest BCUT2D eigenvalue weighted by Crippen LogP contribution is -2.40. The van der Waals surface area contributed by atoms with Gasteiger partial charge in [0.05, 0.1) is 17.7 Å². The van der Waals surface area contributed by atoms with Crippen LogP contribution in [-0.2, 0) is 6.42 Å². The summed E-state index contributed by atoms with van der Waals surface area (Å²) in [4.78, 5) is 14.9. The molecule has 1 aliphatic rings. The Labute approximate surface area is 137 Å². The summed E-state index contributed by atoms with van der Waals surface area (Å²) in [6.07, 6.45) is 3.17. The minimum atomic E-state index is -0.114. The zero-order valence-electron chi connectivity index (χ0n) is 13.6. The molecule has 0 saturated carbocycles. The number of ether oxygens (including phenoxy) is 1. The van der Waals surface area contributed by atoms with Crippen LogP contribution in [0.2, 0.25) is 5.02 Å². The first-order chi connectivity index (χ1) is 10.6. The van der Waals surface area contributed by atoms with Gasteiger partial charge in [-0.2, -0.15) is 0 Å². The Bertz CT molecular complexity index is 534. The van der Waals surface area contributed by atoms with E-state index in [4.69, 9.17) is 16.3 Å². The van der Waals surface area contributed by atoms with Gasteiger partial charge in [-0.1, -0.05) is 25.4 Å². The molecule has 0 bridgehead atoms. The lowest BCUT2D eigenvalue weighted by molar-refractivity contribution is 0.0938. The van der Waals surface area contributed by atoms with E-state index in [1.807, 2.05) is 19.1 Å². The number of aryl methyl sites for hydroxylation is 1. The molecule has 1 N–H and O–H groups in total. The van der Waals surface area contributed by atoms with Gasteiger partial charge in [-0.3, -0.25) is 9.69 Å². The molecule has 1 amide bonds. The van der Waals surface area contributed by atoms with E-state index in [2.05, 4.69) is 17.1 Å². The van der Waals surface area contributed by atoms with E-state index in [1.165, 1.54) is 6.42 Å². The summed E-state index contributed by atoms with van der Waals surface area (Å²) in [6, 6.07) is 4.16. The number of likely N-dealkylation sites (tertiary alicyclic amines) is 1. The molecular formula is C17H25ClN2O2. The van der Waals surface area contributed by atoms with E-state index in [0.717, 1.165) is 31.5 Å². The van der Waals surface area contributed by atoms with Gasteiger partial charge in [0, 0.05) is 12.6 Å². The third-order valence-electron chi connectivity index (χ3n) is 4.36. The third-order valence-corrected chi connectivity index (χ3v) is 4.64. The van der Waals surface area contributed by atoms with Gasteiger partial charge in [0.2, 0.25) is 0 Å². The molecule has 0 radical (unpaired) electrons. The van der Waals surface area contributed by atoms with Gasteiger partial charge in [0.15, 0.2) is 0 Å². The van der Waals surface area contributed by atoms with E-state index < -0.39 is 0 Å². The van der Waals surface area contributed by atoms with Crippen molar-refractivity contribution in [1.82, 2.24) is 10.2 Å². The van der Waals surface area contributed by atoms with Gasteiger partial charge in [-0.15, -0.1) is 0 Å². The van der Waals surface area contributed by atoms with Gasteiger partial charge in [-0.25, -0.2) is 0 Å². The van der Waals surface area contributed by atoms with Gasteiger partial charge < -0.3 is 10.1 Å². The Morgan fingerprint density at radius 1 is 1.45 bits per heavy atom. The van der Waals surface area contributed by atoms with E-state index in [9.17, 15) is 4.79 Å². The van der Waals surface area contributed by atoms with E-state index in [0.29, 0.717) is 28.9 Å². The summed E-state index contributed by atoms with van der Waals surface area (Å²) in [5.74, 6) is 0.340. The zero-order chi connectivity index (χ0) is 16.1. The second kappa shape index (κ2) is 7.84. The second-order valence-electron chi connectivity index (χ2n) is 5.65. The number of carbonyl (C=O) groups excluding carboxylic acids is 1. The molecule has 1 aliphatic heterocycles. The van der Waals surface area contributed by atoms with Crippen molar-refractivity contribution >= 4 is 17.5 Å². The molecule has 1 fully saturated rings. The number of benzene rings is 1. The third kappa shape index (κ3) is 3.73. The molecule has 0 aromatic heterocycles. The molecule has 2 rings (SSSR count). The summed E-state index contributed by atoms with van der Waals surface area (Å²) in [7, 11) is 1.54. The first-order valence-electron chi connectivity index (χ1n) is 7.99. The Kier molecular flexibility index (Phi) is 6.09. The number of likely N-dealkylation sites (N-methyl/N-ethyl adjacent to an activating group) is 1. The number of hydrogen-bond donors (Lipinski definition) is 1. The van der Waals surface area contributed by atoms with Crippen LogP contribution in [0.15, 0.2) is 12.1 Å². The lowest BCUT2D eigenvalue weighted by atomic mass is 10.1. The fourth-order valence-corrected chi connectivity index (χ4v) is 3.40. The molecule has 4 nitrogen and oxygen atoms in total. The molecule has 1 aromatic carbocycles. The zero-order valence-corrected chi connectivity index (χ0v) is 14.4. The largest absolute Gasteiger partial charge is 0.494 e. The number of amides is 1. The minimum absolute atomic E-state index is 0.114. The maximum Gasteiger partial charge on any atom is 0.255 e. The molecule has 1 atom stereocenters. The average Bonchev–Trinajstić information content (AvgIpc) is 2.99. The van der Waals surface area contributed by atoms with E-state index >= 15 is 0 Å². The summed E-state index contributed by atoms with van der Waals surface area (Å²) in [5, 5.41) is 3.53. The fourth-order valence-electron chi connectivity index (χ4n) is 3.08. The van der Waals surface area contributed by atoms with Crippen molar-refractivity contribution in [2.75, 3.05) is 26.7 Å². The van der Waals surface area contributed by atoms with Gasteiger partial charge in [0.1, 0.15) is 5.75 Å². The topological polar surface area (TPSA) is 41.6 Å². The summed E-state index contributed by atoms with van der Waals surface area (Å²) < 4.78 is 5.31. The van der Waals surface area contributed by atoms with Crippen molar-refractivity contribution in [3.05, 3.63) is 28.3 Å². The van der Waals surface area contributed by atoms with Gasteiger partial charge >= 0.3 is 0 Å². The monoisotopic (exact) mass is 324 g/mol. The van der Waals surface area contributed by atoms with Crippen molar-refractivity contribution < 1.29 is 9.53 Å². The van der Waals surface area contributed by atoms with Crippen LogP contribution in [-0.4, -0.2) is 43.6 Å². The normalized spacial score (nSPS) is 18.5. The Morgan fingerprint density at radius 2 is 2.23 bits per heavy atom. The number of nitrogens with one attached hydrogen (secondary N) is 1.